The van der Waals surface area contributed by atoms with Crippen LogP contribution in [-0.4, -0.2) is 34.7 Å². The van der Waals surface area contributed by atoms with Crippen LogP contribution in [0.15, 0.2) is 42.7 Å². The third-order valence-corrected chi connectivity index (χ3v) is 5.31. The van der Waals surface area contributed by atoms with Crippen molar-refractivity contribution in [3.63, 3.8) is 0 Å². The molecule has 1 aromatic carbocycles. The molecule has 2 aromatic rings. The summed E-state index contributed by atoms with van der Waals surface area (Å²) in [4.78, 5) is 44.4. The van der Waals surface area contributed by atoms with Crippen molar-refractivity contribution in [3.05, 3.63) is 42.7 Å². The van der Waals surface area contributed by atoms with E-state index in [1.54, 1.807) is 0 Å². The van der Waals surface area contributed by atoms with Gasteiger partial charge in [-0.3, -0.25) is 19.5 Å². The average Bonchev–Trinajstić information content (AvgIpc) is 3.29. The van der Waals surface area contributed by atoms with Crippen molar-refractivity contribution in [2.24, 2.45) is 5.92 Å². The summed E-state index contributed by atoms with van der Waals surface area (Å²) in [5.41, 5.74) is -0.439. The van der Waals surface area contributed by atoms with Crippen LogP contribution in [0.4, 0.5) is 35.0 Å². The molecule has 1 aromatic heterocycles. The number of ether oxygens (including phenoxy) is 1. The van der Waals surface area contributed by atoms with Gasteiger partial charge >= 0.3 is 12.4 Å². The second-order valence-corrected chi connectivity index (χ2v) is 7.40. The summed E-state index contributed by atoms with van der Waals surface area (Å²) in [6, 6.07) is 5.34. The number of halogens is 3. The highest BCUT2D eigenvalue weighted by Crippen LogP contribution is 2.56. The molecular formula is C20H17F3N4O4. The van der Waals surface area contributed by atoms with Crippen molar-refractivity contribution in [1.29, 1.82) is 0 Å². The first-order chi connectivity index (χ1) is 14.5. The van der Waals surface area contributed by atoms with E-state index >= 15 is 0 Å². The number of imide groups is 1. The number of carbonyl (C=O) groups excluding carboxylic acids is 3. The number of anilines is 3. The Labute approximate surface area is 174 Å². The molecule has 4 amide bonds. The average molecular weight is 434 g/mol. The Morgan fingerprint density at radius 1 is 1.23 bits per heavy atom. The Balaban J connectivity index is 1.72. The maximum absolute atomic E-state index is 13.4. The van der Waals surface area contributed by atoms with E-state index in [9.17, 15) is 27.6 Å². The lowest BCUT2D eigenvalue weighted by Gasteiger charge is -2.24. The number of amides is 4. The SMILES string of the molecule is CC(=O)Nc1cnccc1N1C(=O)N(c2ccc(OC(F)(F)F)cc2)C(=O)C12CC2C. The molecule has 0 radical (unpaired) electrons. The van der Waals surface area contributed by atoms with Crippen LogP contribution in [0.5, 0.6) is 5.75 Å². The van der Waals surface area contributed by atoms with Gasteiger partial charge in [-0.2, -0.15) is 0 Å². The van der Waals surface area contributed by atoms with Crippen LogP contribution in [0.3, 0.4) is 0 Å². The zero-order valence-electron chi connectivity index (χ0n) is 16.4. The molecule has 1 aliphatic heterocycles. The van der Waals surface area contributed by atoms with Gasteiger partial charge in [-0.05, 0) is 42.7 Å². The Hall–Kier alpha value is -3.63. The third kappa shape index (κ3) is 3.45. The predicted octanol–water partition coefficient (Wildman–Crippen LogP) is 3.69. The monoisotopic (exact) mass is 434 g/mol. The van der Waals surface area contributed by atoms with Gasteiger partial charge in [-0.25, -0.2) is 9.69 Å². The van der Waals surface area contributed by atoms with Gasteiger partial charge in [0.05, 0.1) is 23.3 Å². The van der Waals surface area contributed by atoms with Crippen LogP contribution >= 0.6 is 0 Å². The van der Waals surface area contributed by atoms with Crippen LogP contribution in [0.25, 0.3) is 0 Å². The summed E-state index contributed by atoms with van der Waals surface area (Å²) in [6.45, 7) is 3.13. The third-order valence-electron chi connectivity index (χ3n) is 5.31. The molecule has 1 spiro atoms. The van der Waals surface area contributed by atoms with Gasteiger partial charge in [0.1, 0.15) is 11.3 Å². The topological polar surface area (TPSA) is 91.8 Å². The molecule has 1 N–H and O–H groups in total. The van der Waals surface area contributed by atoms with Crippen LogP contribution in [0, 0.1) is 5.92 Å². The van der Waals surface area contributed by atoms with E-state index in [2.05, 4.69) is 15.0 Å². The summed E-state index contributed by atoms with van der Waals surface area (Å²) in [5.74, 6) is -1.48. The molecule has 162 valence electrons. The first-order valence-electron chi connectivity index (χ1n) is 9.31. The Kier molecular flexibility index (Phi) is 4.64. The van der Waals surface area contributed by atoms with Crippen molar-refractivity contribution in [3.8, 4) is 5.75 Å². The Morgan fingerprint density at radius 3 is 2.42 bits per heavy atom. The molecule has 8 nitrogen and oxygen atoms in total. The number of alkyl halides is 3. The number of hydrogen-bond donors (Lipinski definition) is 1. The number of hydrogen-bond acceptors (Lipinski definition) is 5. The lowest BCUT2D eigenvalue weighted by Crippen LogP contribution is -2.39. The minimum Gasteiger partial charge on any atom is -0.406 e. The first-order valence-corrected chi connectivity index (χ1v) is 9.31. The number of carbonyl (C=O) groups is 3. The van der Waals surface area contributed by atoms with Crippen LogP contribution in [-0.2, 0) is 9.59 Å². The molecule has 1 saturated heterocycles. The van der Waals surface area contributed by atoms with Gasteiger partial charge < -0.3 is 10.1 Å². The van der Waals surface area contributed by atoms with Crippen molar-refractivity contribution in [1.82, 2.24) is 4.98 Å². The van der Waals surface area contributed by atoms with Gasteiger partial charge in [-0.15, -0.1) is 13.2 Å². The zero-order valence-corrected chi connectivity index (χ0v) is 16.4. The van der Waals surface area contributed by atoms with Gasteiger partial charge in [0, 0.05) is 13.1 Å². The second-order valence-electron chi connectivity index (χ2n) is 7.40. The maximum atomic E-state index is 13.4. The molecule has 1 aliphatic carbocycles. The Bertz CT molecular complexity index is 1070. The van der Waals surface area contributed by atoms with Crippen molar-refractivity contribution < 1.29 is 32.3 Å². The van der Waals surface area contributed by atoms with Gasteiger partial charge in [0.25, 0.3) is 5.91 Å². The summed E-state index contributed by atoms with van der Waals surface area (Å²) in [5, 5.41) is 2.60. The van der Waals surface area contributed by atoms with E-state index in [0.29, 0.717) is 12.1 Å². The molecule has 2 aliphatic rings. The molecule has 2 heterocycles. The molecule has 4 rings (SSSR count). The van der Waals surface area contributed by atoms with Crippen LogP contribution in [0.1, 0.15) is 20.3 Å². The van der Waals surface area contributed by atoms with E-state index in [4.69, 9.17) is 0 Å². The molecule has 31 heavy (non-hydrogen) atoms. The normalized spacial score (nSPS) is 22.8. The number of pyridine rings is 1. The van der Waals surface area contributed by atoms with Crippen molar-refractivity contribution >= 4 is 34.9 Å². The molecule has 2 unspecified atom stereocenters. The summed E-state index contributed by atoms with van der Waals surface area (Å²) in [7, 11) is 0. The minimum absolute atomic E-state index is 0.112. The lowest BCUT2D eigenvalue weighted by molar-refractivity contribution is -0.274. The summed E-state index contributed by atoms with van der Waals surface area (Å²) < 4.78 is 41.1. The largest absolute Gasteiger partial charge is 0.573 e. The van der Waals surface area contributed by atoms with Gasteiger partial charge in [0.15, 0.2) is 0 Å². The highest BCUT2D eigenvalue weighted by molar-refractivity contribution is 6.32. The number of aromatic nitrogens is 1. The molecule has 0 bridgehead atoms. The standard InChI is InChI=1S/C20H17F3N4O4/c1-11-9-19(11)17(29)26(13-3-5-14(6-4-13)31-20(21,22)23)18(30)27(19)16-7-8-24-10-15(16)25-12(2)28/h3-8,10-11H,9H2,1-2H3,(H,25,28). The summed E-state index contributed by atoms with van der Waals surface area (Å²) in [6.07, 6.45) is -1.63. The smallest absolute Gasteiger partial charge is 0.406 e. The lowest BCUT2D eigenvalue weighted by atomic mass is 10.1. The van der Waals surface area contributed by atoms with Gasteiger partial charge in [0.2, 0.25) is 5.91 Å². The fourth-order valence-corrected chi connectivity index (χ4v) is 3.88. The number of nitrogens with zero attached hydrogens (tertiary/aromatic N) is 3. The first kappa shape index (κ1) is 20.6. The number of nitrogens with one attached hydrogen (secondary N) is 1. The molecule has 11 heteroatoms. The van der Waals surface area contributed by atoms with E-state index in [-0.39, 0.29) is 23.2 Å². The second kappa shape index (κ2) is 6.96. The quantitative estimate of drug-likeness (QED) is 0.741. The van der Waals surface area contributed by atoms with E-state index in [0.717, 1.165) is 17.0 Å². The zero-order chi connectivity index (χ0) is 22.6. The van der Waals surface area contributed by atoms with Gasteiger partial charge in [-0.1, -0.05) is 6.92 Å². The Morgan fingerprint density at radius 2 is 1.87 bits per heavy atom. The molecule has 2 fully saturated rings. The highest BCUT2D eigenvalue weighted by atomic mass is 19.4. The summed E-state index contributed by atoms with van der Waals surface area (Å²) >= 11 is 0. The van der Waals surface area contributed by atoms with E-state index < -0.39 is 29.6 Å². The highest BCUT2D eigenvalue weighted by Gasteiger charge is 2.70. The van der Waals surface area contributed by atoms with Crippen LogP contribution in [0.2, 0.25) is 0 Å². The van der Waals surface area contributed by atoms with Crippen LogP contribution < -0.4 is 19.9 Å². The van der Waals surface area contributed by atoms with Crippen molar-refractivity contribution in [2.75, 3.05) is 15.1 Å². The number of rotatable bonds is 4. The van der Waals surface area contributed by atoms with Crippen molar-refractivity contribution in [2.45, 2.75) is 32.2 Å². The molecule has 1 saturated carbocycles. The van der Waals surface area contributed by atoms with E-state index in [1.165, 1.54) is 42.4 Å². The number of urea groups is 1. The number of benzene rings is 1. The molecular weight excluding hydrogens is 417 g/mol. The maximum Gasteiger partial charge on any atom is 0.573 e. The minimum atomic E-state index is -4.85. The predicted molar refractivity (Wildman–Crippen MR) is 104 cm³/mol. The fraction of sp³-hybridized carbons (Fsp3) is 0.300. The molecule has 2 atom stereocenters. The van der Waals surface area contributed by atoms with E-state index in [1.807, 2.05) is 6.92 Å². The fourth-order valence-electron chi connectivity index (χ4n) is 3.88.